The molecule has 1 aliphatic rings. The van der Waals surface area contributed by atoms with E-state index in [0.717, 1.165) is 19.3 Å². The molecule has 13 heavy (non-hydrogen) atoms. The first-order chi connectivity index (χ1) is 6.20. The summed E-state index contributed by atoms with van der Waals surface area (Å²) in [7, 11) is 0. The molecule has 1 fully saturated rings. The Morgan fingerprint density at radius 3 is 1.77 bits per heavy atom. The van der Waals surface area contributed by atoms with Crippen LogP contribution in [0, 0.1) is 5.92 Å². The number of carbonyl (C=O) groups excluding carboxylic acids is 1. The fourth-order valence-electron chi connectivity index (χ4n) is 1.33. The molecule has 0 aromatic carbocycles. The van der Waals surface area contributed by atoms with Crippen molar-refractivity contribution in [1.82, 2.24) is 0 Å². The second-order valence-electron chi connectivity index (χ2n) is 2.77. The smallest absolute Gasteiger partial charge is 0.132 e. The van der Waals surface area contributed by atoms with Gasteiger partial charge in [-0.15, -0.1) is 0 Å². The molecule has 0 aromatic heterocycles. The lowest BCUT2D eigenvalue weighted by Gasteiger charge is -2.01. The van der Waals surface area contributed by atoms with Gasteiger partial charge in [0, 0.05) is 11.2 Å². The van der Waals surface area contributed by atoms with Crippen LogP contribution >= 0.6 is 12.6 Å². The van der Waals surface area contributed by atoms with E-state index in [9.17, 15) is 4.79 Å². The molecule has 0 bridgehead atoms. The van der Waals surface area contributed by atoms with Gasteiger partial charge in [0.2, 0.25) is 0 Å². The van der Waals surface area contributed by atoms with Crippen molar-refractivity contribution in [3.8, 4) is 0 Å². The van der Waals surface area contributed by atoms with Gasteiger partial charge in [0.1, 0.15) is 5.78 Å². The number of hydrogen-bond acceptors (Lipinski definition) is 2. The molecule has 1 rings (SSSR count). The third-order valence-electron chi connectivity index (χ3n) is 1.98. The fourth-order valence-corrected chi connectivity index (χ4v) is 1.73. The molecule has 0 aliphatic heterocycles. The number of thiol groups is 1. The molecule has 0 heterocycles. The lowest BCUT2D eigenvalue weighted by molar-refractivity contribution is -0.120. The van der Waals surface area contributed by atoms with Crippen LogP contribution < -0.4 is 0 Å². The lowest BCUT2D eigenvalue weighted by atomic mass is 10.0. The van der Waals surface area contributed by atoms with E-state index in [2.05, 4.69) is 12.6 Å². The number of rotatable bonds is 1. The van der Waals surface area contributed by atoms with E-state index in [-0.39, 0.29) is 0 Å². The van der Waals surface area contributed by atoms with Gasteiger partial charge < -0.3 is 0 Å². The SMILES string of the molecule is CC.CC.CC(=O)[C@@H]1CCC(S)C1. The van der Waals surface area contributed by atoms with Crippen LogP contribution in [0.3, 0.4) is 0 Å². The minimum atomic E-state index is 0.326. The average molecular weight is 204 g/mol. The second kappa shape index (κ2) is 10.1. The van der Waals surface area contributed by atoms with Gasteiger partial charge in [-0.2, -0.15) is 12.6 Å². The molecule has 1 nitrogen and oxygen atoms in total. The summed E-state index contributed by atoms with van der Waals surface area (Å²) in [5, 5.41) is 0.485. The normalized spacial score (nSPS) is 25.1. The Balaban J connectivity index is 0. The van der Waals surface area contributed by atoms with E-state index in [1.807, 2.05) is 27.7 Å². The molecule has 1 aliphatic carbocycles. The lowest BCUT2D eigenvalue weighted by Crippen LogP contribution is -2.05. The van der Waals surface area contributed by atoms with Crippen molar-refractivity contribution in [2.24, 2.45) is 5.92 Å². The van der Waals surface area contributed by atoms with Crippen molar-refractivity contribution < 1.29 is 4.79 Å². The summed E-state index contributed by atoms with van der Waals surface area (Å²) in [6, 6.07) is 0. The van der Waals surface area contributed by atoms with Gasteiger partial charge in [0.05, 0.1) is 0 Å². The van der Waals surface area contributed by atoms with E-state index < -0.39 is 0 Å². The molecule has 2 heteroatoms. The number of hydrogen-bond donors (Lipinski definition) is 1. The quantitative estimate of drug-likeness (QED) is 0.644. The van der Waals surface area contributed by atoms with Gasteiger partial charge in [-0.25, -0.2) is 0 Å². The Morgan fingerprint density at radius 2 is 1.62 bits per heavy atom. The maximum Gasteiger partial charge on any atom is 0.132 e. The van der Waals surface area contributed by atoms with Crippen molar-refractivity contribution >= 4 is 18.4 Å². The molecule has 1 unspecified atom stereocenters. The zero-order chi connectivity index (χ0) is 10.9. The molecule has 80 valence electrons. The standard InChI is InChI=1S/C7H12OS.2C2H6/c1-5(8)6-2-3-7(9)4-6;2*1-2/h6-7,9H,2-4H2,1H3;2*1-2H3/t6-,7?;;/m1../s1. The van der Waals surface area contributed by atoms with Crippen molar-refractivity contribution in [3.05, 3.63) is 0 Å². The van der Waals surface area contributed by atoms with E-state index in [4.69, 9.17) is 0 Å². The first-order valence-corrected chi connectivity index (χ1v) is 5.90. The Hall–Kier alpha value is 0.0200. The minimum Gasteiger partial charge on any atom is -0.300 e. The van der Waals surface area contributed by atoms with Crippen LogP contribution in [0.5, 0.6) is 0 Å². The van der Waals surface area contributed by atoms with Gasteiger partial charge in [-0.3, -0.25) is 4.79 Å². The highest BCUT2D eigenvalue weighted by atomic mass is 32.1. The largest absolute Gasteiger partial charge is 0.300 e. The highest BCUT2D eigenvalue weighted by Crippen LogP contribution is 2.29. The summed E-state index contributed by atoms with van der Waals surface area (Å²) in [6.45, 7) is 9.68. The molecule has 1 saturated carbocycles. The average Bonchev–Trinajstić information content (AvgIpc) is 2.59. The van der Waals surface area contributed by atoms with Crippen molar-refractivity contribution in [2.75, 3.05) is 0 Å². The molecule has 0 radical (unpaired) electrons. The van der Waals surface area contributed by atoms with Crippen LogP contribution in [0.2, 0.25) is 0 Å². The molecule has 0 saturated heterocycles. The predicted molar refractivity (Wildman–Crippen MR) is 63.5 cm³/mol. The highest BCUT2D eigenvalue weighted by Gasteiger charge is 2.24. The van der Waals surface area contributed by atoms with Crippen LogP contribution in [0.4, 0.5) is 0 Å². The summed E-state index contributed by atoms with van der Waals surface area (Å²) in [4.78, 5) is 10.8. The Labute approximate surface area is 88.7 Å². The number of carbonyl (C=O) groups is 1. The zero-order valence-electron chi connectivity index (χ0n) is 9.63. The molecule has 0 amide bonds. The van der Waals surface area contributed by atoms with E-state index >= 15 is 0 Å². The third kappa shape index (κ3) is 7.12. The third-order valence-corrected chi connectivity index (χ3v) is 2.45. The topological polar surface area (TPSA) is 17.1 Å². The monoisotopic (exact) mass is 204 g/mol. The van der Waals surface area contributed by atoms with Gasteiger partial charge in [-0.05, 0) is 26.2 Å². The Bertz CT molecular complexity index is 123. The van der Waals surface area contributed by atoms with Gasteiger partial charge in [0.25, 0.3) is 0 Å². The zero-order valence-corrected chi connectivity index (χ0v) is 10.5. The van der Waals surface area contributed by atoms with Crippen molar-refractivity contribution in [2.45, 2.75) is 59.1 Å². The van der Waals surface area contributed by atoms with Gasteiger partial charge >= 0.3 is 0 Å². The molecular formula is C11H24OS. The Kier molecular flexibility index (Phi) is 12.0. The molecular weight excluding hydrogens is 180 g/mol. The highest BCUT2D eigenvalue weighted by molar-refractivity contribution is 7.80. The number of ketones is 1. The van der Waals surface area contributed by atoms with Gasteiger partial charge in [-0.1, -0.05) is 27.7 Å². The van der Waals surface area contributed by atoms with Crippen LogP contribution in [0.1, 0.15) is 53.9 Å². The van der Waals surface area contributed by atoms with E-state index in [0.29, 0.717) is 17.0 Å². The number of Topliss-reactive ketones (excluding diaryl/α,β-unsaturated/α-hetero) is 1. The molecule has 0 N–H and O–H groups in total. The van der Waals surface area contributed by atoms with Gasteiger partial charge in [0.15, 0.2) is 0 Å². The summed E-state index contributed by atoms with van der Waals surface area (Å²) >= 11 is 4.29. The fraction of sp³-hybridized carbons (Fsp3) is 0.909. The Morgan fingerprint density at radius 1 is 1.15 bits per heavy atom. The van der Waals surface area contributed by atoms with Crippen LogP contribution in [0.15, 0.2) is 0 Å². The van der Waals surface area contributed by atoms with Crippen LogP contribution in [0.25, 0.3) is 0 Å². The summed E-state index contributed by atoms with van der Waals surface area (Å²) < 4.78 is 0. The predicted octanol–water partition coefficient (Wildman–Crippen LogP) is 3.73. The van der Waals surface area contributed by atoms with Crippen molar-refractivity contribution in [1.29, 1.82) is 0 Å². The maximum atomic E-state index is 10.8. The summed E-state index contributed by atoms with van der Waals surface area (Å²) in [5.74, 6) is 0.666. The van der Waals surface area contributed by atoms with Crippen LogP contribution in [-0.2, 0) is 4.79 Å². The first kappa shape index (κ1) is 15.5. The maximum absolute atomic E-state index is 10.8. The van der Waals surface area contributed by atoms with E-state index in [1.54, 1.807) is 6.92 Å². The molecule has 0 spiro atoms. The summed E-state index contributed by atoms with van der Waals surface area (Å²) in [6.07, 6.45) is 3.18. The molecule has 2 atom stereocenters. The first-order valence-electron chi connectivity index (χ1n) is 5.38. The van der Waals surface area contributed by atoms with E-state index in [1.165, 1.54) is 0 Å². The summed E-state index contributed by atoms with van der Waals surface area (Å²) in [5.41, 5.74) is 0. The minimum absolute atomic E-state index is 0.326. The van der Waals surface area contributed by atoms with Crippen molar-refractivity contribution in [3.63, 3.8) is 0 Å². The molecule has 0 aromatic rings. The van der Waals surface area contributed by atoms with Crippen LogP contribution in [-0.4, -0.2) is 11.0 Å². The second-order valence-corrected chi connectivity index (χ2v) is 3.50.